The minimum absolute atomic E-state index is 0.111. The average molecular weight is 497 g/mol. The highest BCUT2D eigenvalue weighted by molar-refractivity contribution is 6.04. The predicted octanol–water partition coefficient (Wildman–Crippen LogP) is 6.66. The Morgan fingerprint density at radius 2 is 1.76 bits per heavy atom. The molecule has 0 bridgehead atoms. The lowest BCUT2D eigenvalue weighted by Crippen LogP contribution is -2.48. The molecule has 0 saturated carbocycles. The van der Waals surface area contributed by atoms with Gasteiger partial charge in [-0.3, -0.25) is 4.79 Å². The lowest BCUT2D eigenvalue weighted by atomic mass is 9.57. The van der Waals surface area contributed by atoms with Crippen molar-refractivity contribution in [1.29, 1.82) is 0 Å². The molecule has 0 N–H and O–H groups in total. The molecule has 0 aromatic heterocycles. The number of carbonyl (C=O) groups is 2. The molecular formula is C32H32O5. The lowest BCUT2D eigenvalue weighted by molar-refractivity contribution is -0.0170. The topological polar surface area (TPSA) is 61.8 Å². The van der Waals surface area contributed by atoms with E-state index in [9.17, 15) is 9.59 Å². The van der Waals surface area contributed by atoms with Crippen LogP contribution in [0.25, 0.3) is 0 Å². The van der Waals surface area contributed by atoms with Crippen molar-refractivity contribution in [1.82, 2.24) is 0 Å². The third-order valence-corrected chi connectivity index (χ3v) is 7.68. The zero-order chi connectivity index (χ0) is 26.0. The monoisotopic (exact) mass is 496 g/mol. The summed E-state index contributed by atoms with van der Waals surface area (Å²) in [5.74, 6) is 0.220. The van der Waals surface area contributed by atoms with Crippen LogP contribution in [0, 0.1) is 18.3 Å². The van der Waals surface area contributed by atoms with Crippen LogP contribution in [0.15, 0.2) is 84.4 Å². The van der Waals surface area contributed by atoms with Gasteiger partial charge in [-0.2, -0.15) is 0 Å². The first kappa shape index (κ1) is 25.0. The molecule has 3 aromatic carbocycles. The van der Waals surface area contributed by atoms with Crippen molar-refractivity contribution in [3.8, 4) is 5.75 Å². The summed E-state index contributed by atoms with van der Waals surface area (Å²) in [5, 5.41) is 0. The summed E-state index contributed by atoms with van der Waals surface area (Å²) in [6, 6.07) is 22.6. The number of aryl methyl sites for hydroxylation is 1. The molecule has 0 heterocycles. The van der Waals surface area contributed by atoms with Crippen molar-refractivity contribution < 1.29 is 23.8 Å². The molecule has 0 saturated heterocycles. The standard InChI is InChI=1S/C32H32O5/c1-21-11-16-26-27(18-21)29(37-31(34)23-8-5-4-6-9-23)28-24(10-7-17-32(28,2)30(26)33)20-36-19-22-12-14-25(35-3)15-13-22/h4-6,8-16,18,28-29H,7,17,19-20H2,1-3H3/t28-,29+,32-/m1/s1. The zero-order valence-corrected chi connectivity index (χ0v) is 21.5. The second-order valence-electron chi connectivity index (χ2n) is 10.2. The molecule has 0 radical (unpaired) electrons. The summed E-state index contributed by atoms with van der Waals surface area (Å²) in [5.41, 5.74) is 4.30. The summed E-state index contributed by atoms with van der Waals surface area (Å²) in [4.78, 5) is 27.1. The number of esters is 1. The molecule has 5 heteroatoms. The maximum Gasteiger partial charge on any atom is 0.338 e. The Kier molecular flexibility index (Phi) is 6.98. The van der Waals surface area contributed by atoms with E-state index in [2.05, 4.69) is 6.08 Å². The molecule has 2 aliphatic rings. The van der Waals surface area contributed by atoms with E-state index in [4.69, 9.17) is 14.2 Å². The maximum atomic E-state index is 13.9. The highest BCUT2D eigenvalue weighted by atomic mass is 16.5. The van der Waals surface area contributed by atoms with Crippen LogP contribution in [0.5, 0.6) is 5.75 Å². The lowest BCUT2D eigenvalue weighted by Gasteiger charge is -2.48. The number of ketones is 1. The second kappa shape index (κ2) is 10.3. The number of hydrogen-bond donors (Lipinski definition) is 0. The molecule has 3 aromatic rings. The largest absolute Gasteiger partial charge is 0.497 e. The minimum atomic E-state index is -0.683. The van der Waals surface area contributed by atoms with Gasteiger partial charge in [0.05, 0.1) is 25.9 Å². The quantitative estimate of drug-likeness (QED) is 0.270. The van der Waals surface area contributed by atoms with Crippen molar-refractivity contribution in [2.24, 2.45) is 11.3 Å². The van der Waals surface area contributed by atoms with E-state index in [1.807, 2.05) is 74.5 Å². The summed E-state index contributed by atoms with van der Waals surface area (Å²) in [7, 11) is 1.64. The molecule has 37 heavy (non-hydrogen) atoms. The first-order valence-corrected chi connectivity index (χ1v) is 12.7. The van der Waals surface area contributed by atoms with Crippen molar-refractivity contribution >= 4 is 11.8 Å². The van der Waals surface area contributed by atoms with Gasteiger partial charge in [0.2, 0.25) is 0 Å². The summed E-state index contributed by atoms with van der Waals surface area (Å²) >= 11 is 0. The SMILES string of the molecule is COc1ccc(COCC2=CCC[C@@]3(C)C(=O)c4ccc(C)cc4[C@H](OC(=O)c4ccccc4)[C@@H]23)cc1. The molecular weight excluding hydrogens is 464 g/mol. The van der Waals surface area contributed by atoms with E-state index in [1.165, 1.54) is 0 Å². The molecule has 0 spiro atoms. The Bertz CT molecular complexity index is 1330. The number of methoxy groups -OCH3 is 1. The number of Topliss-reactive ketones (excluding diaryl/α,β-unsaturated/α-hetero) is 1. The first-order valence-electron chi connectivity index (χ1n) is 12.7. The van der Waals surface area contributed by atoms with Crippen LogP contribution in [0.2, 0.25) is 0 Å². The summed E-state index contributed by atoms with van der Waals surface area (Å²) < 4.78 is 17.6. The number of hydrogen-bond acceptors (Lipinski definition) is 5. The van der Waals surface area contributed by atoms with Gasteiger partial charge in [0, 0.05) is 22.5 Å². The Balaban J connectivity index is 1.46. The fraction of sp³-hybridized carbons (Fsp3) is 0.312. The molecule has 5 nitrogen and oxygen atoms in total. The van der Waals surface area contributed by atoms with Gasteiger partial charge in [-0.25, -0.2) is 4.79 Å². The van der Waals surface area contributed by atoms with Gasteiger partial charge in [0.25, 0.3) is 0 Å². The van der Waals surface area contributed by atoms with Crippen LogP contribution in [-0.2, 0) is 16.1 Å². The predicted molar refractivity (Wildman–Crippen MR) is 142 cm³/mol. The number of benzene rings is 3. The first-order chi connectivity index (χ1) is 17.9. The Morgan fingerprint density at radius 1 is 1.00 bits per heavy atom. The molecule has 2 aliphatic carbocycles. The van der Waals surface area contributed by atoms with E-state index in [-0.39, 0.29) is 17.7 Å². The van der Waals surface area contributed by atoms with Crippen LogP contribution in [0.3, 0.4) is 0 Å². The van der Waals surface area contributed by atoms with Crippen LogP contribution >= 0.6 is 0 Å². The van der Waals surface area contributed by atoms with E-state index in [1.54, 1.807) is 19.2 Å². The van der Waals surface area contributed by atoms with Gasteiger partial charge in [-0.05, 0) is 55.2 Å². The number of ether oxygens (including phenoxy) is 3. The maximum absolute atomic E-state index is 13.9. The molecule has 190 valence electrons. The van der Waals surface area contributed by atoms with E-state index < -0.39 is 11.5 Å². The Hall–Kier alpha value is -3.70. The zero-order valence-electron chi connectivity index (χ0n) is 21.5. The Labute approximate surface area is 218 Å². The van der Waals surface area contributed by atoms with E-state index in [0.29, 0.717) is 30.8 Å². The fourth-order valence-electron chi connectivity index (χ4n) is 5.69. The van der Waals surface area contributed by atoms with Crippen molar-refractivity contribution in [3.63, 3.8) is 0 Å². The van der Waals surface area contributed by atoms with Crippen LogP contribution < -0.4 is 4.74 Å². The normalized spacial score (nSPS) is 22.5. The van der Waals surface area contributed by atoms with Crippen molar-refractivity contribution in [3.05, 3.63) is 112 Å². The molecule has 5 rings (SSSR count). The number of rotatable bonds is 7. The van der Waals surface area contributed by atoms with Crippen molar-refractivity contribution in [2.75, 3.05) is 13.7 Å². The van der Waals surface area contributed by atoms with Gasteiger partial charge in [0.15, 0.2) is 5.78 Å². The Morgan fingerprint density at radius 3 is 2.49 bits per heavy atom. The van der Waals surface area contributed by atoms with Gasteiger partial charge in [0.1, 0.15) is 11.9 Å². The van der Waals surface area contributed by atoms with E-state index >= 15 is 0 Å². The smallest absolute Gasteiger partial charge is 0.338 e. The van der Waals surface area contributed by atoms with Gasteiger partial charge in [-0.15, -0.1) is 0 Å². The van der Waals surface area contributed by atoms with Crippen LogP contribution in [0.4, 0.5) is 0 Å². The third-order valence-electron chi connectivity index (χ3n) is 7.68. The van der Waals surface area contributed by atoms with Crippen LogP contribution in [-0.4, -0.2) is 25.5 Å². The fourth-order valence-corrected chi connectivity index (χ4v) is 5.69. The summed E-state index contributed by atoms with van der Waals surface area (Å²) in [6.45, 7) is 4.80. The highest BCUT2D eigenvalue weighted by Gasteiger charge is 2.54. The number of carbonyl (C=O) groups excluding carboxylic acids is 2. The van der Waals surface area contributed by atoms with Gasteiger partial charge < -0.3 is 14.2 Å². The third kappa shape index (κ3) is 4.84. The van der Waals surface area contributed by atoms with Gasteiger partial charge in [-0.1, -0.05) is 67.1 Å². The molecule has 0 amide bonds. The molecule has 3 atom stereocenters. The number of fused-ring (bicyclic) bond motifs is 2. The molecule has 0 aliphatic heterocycles. The summed E-state index contributed by atoms with van der Waals surface area (Å²) in [6.07, 6.45) is 3.06. The average Bonchev–Trinajstić information content (AvgIpc) is 2.92. The number of allylic oxidation sites excluding steroid dienone is 1. The second-order valence-corrected chi connectivity index (χ2v) is 10.2. The van der Waals surface area contributed by atoms with E-state index in [0.717, 1.165) is 34.4 Å². The van der Waals surface area contributed by atoms with Crippen LogP contribution in [0.1, 0.15) is 63.3 Å². The molecule has 0 unspecified atom stereocenters. The molecule has 0 fully saturated rings. The van der Waals surface area contributed by atoms with Gasteiger partial charge >= 0.3 is 5.97 Å². The highest BCUT2D eigenvalue weighted by Crippen LogP contribution is 2.55. The van der Waals surface area contributed by atoms with Crippen molar-refractivity contribution in [2.45, 2.75) is 39.4 Å². The minimum Gasteiger partial charge on any atom is -0.497 e.